The lowest BCUT2D eigenvalue weighted by molar-refractivity contribution is -0.149. The Morgan fingerprint density at radius 3 is 0.906 bits per heavy atom. The van der Waals surface area contributed by atoms with Crippen molar-refractivity contribution in [2.45, 2.75) is 372 Å². The lowest BCUT2D eigenvalue weighted by Crippen LogP contribution is -2.28. The van der Waals surface area contributed by atoms with E-state index in [4.69, 9.17) is 37.0 Å². The van der Waals surface area contributed by atoms with Gasteiger partial charge in [-0.1, -0.05) is 242 Å². The van der Waals surface area contributed by atoms with Gasteiger partial charge >= 0.3 is 21.6 Å². The Labute approximate surface area is 585 Å². The number of aliphatic hydroxyl groups excluding tert-OH is 1. The smallest absolute Gasteiger partial charge is 0.463 e. The molecule has 0 aromatic carbocycles. The molecule has 0 aliphatic carbocycles. The molecule has 0 heterocycles. The molecule has 5 atom stereocenters. The first-order valence-corrected chi connectivity index (χ1v) is 42.1. The molecule has 0 rings (SSSR count). The molecule has 0 saturated heterocycles. The highest BCUT2D eigenvalue weighted by atomic mass is 31.2. The summed E-state index contributed by atoms with van der Waals surface area (Å²) >= 11 is 0. The summed E-state index contributed by atoms with van der Waals surface area (Å²) in [5.41, 5.74) is 0. The van der Waals surface area contributed by atoms with Gasteiger partial charge in [0.15, 0.2) is 0 Å². The minimum Gasteiger partial charge on any atom is -0.463 e. The molecule has 0 aromatic heterocycles. The van der Waals surface area contributed by atoms with Gasteiger partial charge in [-0.15, -0.1) is 0 Å². The van der Waals surface area contributed by atoms with Gasteiger partial charge in [0.25, 0.3) is 0 Å². The van der Waals surface area contributed by atoms with E-state index in [-0.39, 0.29) is 32.2 Å². The van der Waals surface area contributed by atoms with Crippen LogP contribution in [-0.2, 0) is 65.4 Å². The molecular formula is C77H144O17P2. The van der Waals surface area contributed by atoms with Crippen molar-refractivity contribution in [3.63, 3.8) is 0 Å². The first-order chi connectivity index (χ1) is 47.0. The minimum absolute atomic E-state index is 0.159. The molecule has 0 aliphatic heterocycles. The highest BCUT2D eigenvalue weighted by Gasteiger charge is 2.29. The second kappa shape index (κ2) is 75.4. The molecule has 96 heavy (non-hydrogen) atoms. The third-order valence-electron chi connectivity index (χ3n) is 17.2. The van der Waals surface area contributed by atoms with Crippen molar-refractivity contribution in [3.8, 4) is 0 Å². The Hall–Kier alpha value is -2.24. The zero-order valence-corrected chi connectivity index (χ0v) is 62.7. The highest BCUT2D eigenvalue weighted by molar-refractivity contribution is 7.47. The summed E-state index contributed by atoms with van der Waals surface area (Å²) < 4.78 is 70.6. The molecule has 0 fully saturated rings. The van der Waals surface area contributed by atoms with E-state index in [1.807, 2.05) is 0 Å². The number of esters is 1. The second-order valence-electron chi connectivity index (χ2n) is 26.5. The maximum Gasteiger partial charge on any atom is 0.472 e. The van der Waals surface area contributed by atoms with Crippen molar-refractivity contribution in [2.75, 3.05) is 59.5 Å². The molecule has 0 saturated carbocycles. The van der Waals surface area contributed by atoms with Crippen LogP contribution in [0.5, 0.6) is 0 Å². The van der Waals surface area contributed by atoms with E-state index in [0.717, 1.165) is 205 Å². The summed E-state index contributed by atoms with van der Waals surface area (Å²) in [5.74, 6) is -0.372. The number of unbranched alkanes of at least 4 members (excludes halogenated alkanes) is 46. The number of hydrogen-bond donors (Lipinski definition) is 3. The second-order valence-corrected chi connectivity index (χ2v) is 29.4. The van der Waals surface area contributed by atoms with E-state index >= 15 is 0 Å². The fraction of sp³-hybridized carbons (Fsp3) is 0.870. The van der Waals surface area contributed by atoms with Gasteiger partial charge in [-0.2, -0.15) is 0 Å². The summed E-state index contributed by atoms with van der Waals surface area (Å²) in [6.45, 7) is 1.27. The fourth-order valence-electron chi connectivity index (χ4n) is 11.1. The average molecular weight is 1400 g/mol. The fourth-order valence-corrected chi connectivity index (χ4v) is 12.7. The Bertz CT molecular complexity index is 1870. The van der Waals surface area contributed by atoms with Crippen LogP contribution in [0.3, 0.4) is 0 Å². The van der Waals surface area contributed by atoms with Gasteiger partial charge in [0, 0.05) is 45.5 Å². The SMILES string of the molecule is CCCCCCCCCCCCCCCC(=O)OC[C@H](COP(=O)(O)OC[C@H](O)COP(=O)(O)OC[C@@H](COCCCCCCCCC/C=C\CCCCCCC=O)OCCCCCCCCC/C=C\CCCCCCC=O)OCCCCCCC/C=C\CCCCCCC=O. The normalized spacial score (nSPS) is 14.2. The third-order valence-corrected chi connectivity index (χ3v) is 19.1. The molecule has 0 radical (unpaired) electrons. The molecule has 3 N–H and O–H groups in total. The van der Waals surface area contributed by atoms with Gasteiger partial charge in [-0.25, -0.2) is 9.13 Å². The first kappa shape index (κ1) is 93.8. The van der Waals surface area contributed by atoms with E-state index in [2.05, 4.69) is 43.4 Å². The third kappa shape index (κ3) is 74.5. The molecular weight excluding hydrogens is 1260 g/mol. The van der Waals surface area contributed by atoms with E-state index < -0.39 is 53.8 Å². The summed E-state index contributed by atoms with van der Waals surface area (Å²) in [7, 11) is -9.52. The number of allylic oxidation sites excluding steroid dienone is 6. The minimum atomic E-state index is -4.79. The van der Waals surface area contributed by atoms with Crippen molar-refractivity contribution in [2.24, 2.45) is 0 Å². The van der Waals surface area contributed by atoms with Crippen LogP contribution in [-0.4, -0.2) is 117 Å². The lowest BCUT2D eigenvalue weighted by atomic mass is 10.0. The van der Waals surface area contributed by atoms with Crippen molar-refractivity contribution in [3.05, 3.63) is 36.5 Å². The molecule has 0 bridgehead atoms. The molecule has 17 nitrogen and oxygen atoms in total. The molecule has 2 unspecified atom stereocenters. The van der Waals surface area contributed by atoms with E-state index in [0.29, 0.717) is 45.5 Å². The van der Waals surface area contributed by atoms with Crippen LogP contribution in [0.2, 0.25) is 0 Å². The molecule has 0 spiro atoms. The zero-order chi connectivity index (χ0) is 69.9. The molecule has 0 aromatic rings. The summed E-state index contributed by atoms with van der Waals surface area (Å²) in [6.07, 6.45) is 71.7. The van der Waals surface area contributed by atoms with Crippen molar-refractivity contribution >= 4 is 40.5 Å². The Morgan fingerprint density at radius 2 is 0.583 bits per heavy atom. The Morgan fingerprint density at radius 1 is 0.323 bits per heavy atom. The van der Waals surface area contributed by atoms with Gasteiger partial charge in [-0.05, 0) is 122 Å². The lowest BCUT2D eigenvalue weighted by Gasteiger charge is -2.21. The van der Waals surface area contributed by atoms with E-state index in [9.17, 15) is 43.2 Å². The number of ether oxygens (including phenoxy) is 4. The standard InChI is InChI=1S/C77H144O17P2/c1-2-3-4-5-6-7-8-19-26-33-40-47-54-61-77(82)90-71-76(89-67-60-53-46-39-32-25-18-15-22-29-36-43-50-57-64-80)73-94-96(85,86)92-69-74(81)68-91-95(83,84)93-72-75(88-66-59-52-45-38-31-24-17-12-10-14-21-28-35-42-49-56-63-79)70-87-65-58-51-44-37-30-23-16-11-9-13-20-27-34-41-48-55-62-78/h9-10,13-15,18,62-64,74-76,81H,2-8,11-12,16-17,19-61,65-73H2,1H3,(H,83,84)(H,85,86)/b13-9-,14-10-,18-15-/t74-,75-,76-/m1/s1. The first-order valence-electron chi connectivity index (χ1n) is 39.1. The van der Waals surface area contributed by atoms with Crippen LogP contribution < -0.4 is 0 Å². The molecule has 0 aliphatic rings. The zero-order valence-electron chi connectivity index (χ0n) is 60.9. The van der Waals surface area contributed by atoms with E-state index in [1.165, 1.54) is 128 Å². The number of carbonyl (C=O) groups is 4. The number of aliphatic hydroxyl groups is 1. The number of hydrogen-bond acceptors (Lipinski definition) is 15. The van der Waals surface area contributed by atoms with Crippen molar-refractivity contribution in [1.82, 2.24) is 0 Å². The average Bonchev–Trinajstić information content (AvgIpc) is 3.35. The van der Waals surface area contributed by atoms with Crippen LogP contribution >= 0.6 is 15.6 Å². The van der Waals surface area contributed by atoms with Gasteiger partial charge in [0.05, 0.1) is 33.0 Å². The predicted molar refractivity (Wildman–Crippen MR) is 391 cm³/mol. The molecule has 0 amide bonds. The van der Waals surface area contributed by atoms with Crippen LogP contribution in [0.4, 0.5) is 0 Å². The van der Waals surface area contributed by atoms with Crippen LogP contribution in [0.1, 0.15) is 354 Å². The predicted octanol–water partition coefficient (Wildman–Crippen LogP) is 21.3. The van der Waals surface area contributed by atoms with Crippen LogP contribution in [0.15, 0.2) is 36.5 Å². The van der Waals surface area contributed by atoms with Crippen molar-refractivity contribution < 1.29 is 80.2 Å². The number of rotatable bonds is 81. The molecule has 19 heteroatoms. The Kier molecular flexibility index (Phi) is 73.7. The van der Waals surface area contributed by atoms with Crippen molar-refractivity contribution in [1.29, 1.82) is 0 Å². The number of carbonyl (C=O) groups excluding carboxylic acids is 4. The van der Waals surface area contributed by atoms with Gasteiger partial charge in [0.2, 0.25) is 0 Å². The van der Waals surface area contributed by atoms with Gasteiger partial charge < -0.3 is 48.2 Å². The van der Waals surface area contributed by atoms with Crippen LogP contribution in [0.25, 0.3) is 0 Å². The summed E-state index contributed by atoms with van der Waals surface area (Å²) in [4.78, 5) is 65.4. The summed E-state index contributed by atoms with van der Waals surface area (Å²) in [5, 5.41) is 10.6. The number of phosphoric ester groups is 2. The quantitative estimate of drug-likeness (QED) is 0.0169. The largest absolute Gasteiger partial charge is 0.472 e. The summed E-state index contributed by atoms with van der Waals surface area (Å²) in [6, 6.07) is 0. The maximum absolute atomic E-state index is 13.1. The maximum atomic E-state index is 13.1. The van der Waals surface area contributed by atoms with Crippen LogP contribution in [0, 0.1) is 0 Å². The highest BCUT2D eigenvalue weighted by Crippen LogP contribution is 2.45. The molecule has 564 valence electrons. The Balaban J connectivity index is 5.09. The van der Waals surface area contributed by atoms with Gasteiger partial charge in [-0.3, -0.25) is 22.9 Å². The topological polar surface area (TPSA) is 237 Å². The number of phosphoric acid groups is 2. The number of aldehydes is 3. The van der Waals surface area contributed by atoms with E-state index in [1.54, 1.807) is 0 Å². The van der Waals surface area contributed by atoms with Gasteiger partial charge in [0.1, 0.15) is 43.8 Å². The monoisotopic (exact) mass is 1400 g/mol.